The zero-order valence-electron chi connectivity index (χ0n) is 18.2. The topological polar surface area (TPSA) is 73.4 Å². The summed E-state index contributed by atoms with van der Waals surface area (Å²) in [6.07, 6.45) is 2.31. The van der Waals surface area contributed by atoms with E-state index in [2.05, 4.69) is 22.0 Å². The molecule has 3 aromatic rings. The van der Waals surface area contributed by atoms with Gasteiger partial charge in [0, 0.05) is 24.7 Å². The summed E-state index contributed by atoms with van der Waals surface area (Å²) in [5.74, 6) is 0.968. The maximum absolute atomic E-state index is 13.3. The second kappa shape index (κ2) is 9.32. The minimum absolute atomic E-state index is 0.0264. The average Bonchev–Trinajstić information content (AvgIpc) is 3.18. The van der Waals surface area contributed by atoms with E-state index in [4.69, 9.17) is 9.68 Å². The first-order chi connectivity index (χ1) is 15.0. The molecule has 0 bridgehead atoms. The van der Waals surface area contributed by atoms with E-state index in [-0.39, 0.29) is 11.8 Å². The highest BCUT2D eigenvalue weighted by atomic mass is 16.3. The van der Waals surface area contributed by atoms with E-state index in [1.165, 1.54) is 0 Å². The van der Waals surface area contributed by atoms with E-state index >= 15 is 0 Å². The van der Waals surface area contributed by atoms with Crippen LogP contribution in [0.1, 0.15) is 42.2 Å². The molecule has 1 unspecified atom stereocenters. The predicted octanol–water partition coefficient (Wildman–Crippen LogP) is 4.57. The van der Waals surface area contributed by atoms with Gasteiger partial charge in [0.2, 0.25) is 5.91 Å². The summed E-state index contributed by atoms with van der Waals surface area (Å²) in [5, 5.41) is 9.08. The number of benzene rings is 2. The Bertz CT molecular complexity index is 1060. The Balaban J connectivity index is 1.48. The summed E-state index contributed by atoms with van der Waals surface area (Å²) < 4.78 is 5.99. The van der Waals surface area contributed by atoms with Crippen molar-refractivity contribution in [1.82, 2.24) is 9.88 Å². The van der Waals surface area contributed by atoms with Crippen LogP contribution in [-0.4, -0.2) is 42.0 Å². The molecular weight excluding hydrogens is 388 g/mol. The minimum atomic E-state index is 0.0264. The number of nitrogens with zero attached hydrogens (tertiary/aromatic N) is 4. The monoisotopic (exact) mass is 416 g/mol. The van der Waals surface area contributed by atoms with Crippen molar-refractivity contribution in [2.45, 2.75) is 39.0 Å². The molecule has 1 amide bonds. The first-order valence-electron chi connectivity index (χ1n) is 10.9. The molecule has 6 heteroatoms. The summed E-state index contributed by atoms with van der Waals surface area (Å²) in [5.41, 5.74) is 4.77. The van der Waals surface area contributed by atoms with Crippen molar-refractivity contribution < 1.29 is 9.21 Å². The van der Waals surface area contributed by atoms with Crippen LogP contribution >= 0.6 is 0 Å². The number of nitriles is 1. The Labute approximate surface area is 183 Å². The molecule has 0 saturated carbocycles. The van der Waals surface area contributed by atoms with Crippen molar-refractivity contribution in [3.8, 4) is 6.07 Å². The molecule has 0 spiro atoms. The van der Waals surface area contributed by atoms with Gasteiger partial charge in [-0.05, 0) is 68.6 Å². The Kier molecular flexibility index (Phi) is 6.34. The van der Waals surface area contributed by atoms with Crippen molar-refractivity contribution in [3.63, 3.8) is 0 Å². The van der Waals surface area contributed by atoms with Crippen molar-refractivity contribution in [2.24, 2.45) is 0 Å². The molecule has 1 aromatic heterocycles. The molecule has 2 heterocycles. The molecule has 1 atom stereocenters. The van der Waals surface area contributed by atoms with Crippen LogP contribution in [-0.2, 0) is 4.79 Å². The number of fused-ring (bicyclic) bond motifs is 1. The lowest BCUT2D eigenvalue weighted by molar-refractivity contribution is -0.120. The van der Waals surface area contributed by atoms with E-state index in [0.717, 1.165) is 59.7 Å². The first kappa shape index (κ1) is 21.1. The fourth-order valence-corrected chi connectivity index (χ4v) is 4.41. The normalized spacial score (nSPS) is 16.9. The third-order valence-corrected chi connectivity index (χ3v) is 5.79. The highest BCUT2D eigenvalue weighted by Crippen LogP contribution is 2.29. The van der Waals surface area contributed by atoms with Crippen molar-refractivity contribution >= 4 is 22.7 Å². The number of amides is 1. The van der Waals surface area contributed by atoms with Crippen LogP contribution in [0.3, 0.4) is 0 Å². The minimum Gasteiger partial charge on any atom is -0.440 e. The predicted molar refractivity (Wildman–Crippen MR) is 121 cm³/mol. The fourth-order valence-electron chi connectivity index (χ4n) is 4.41. The van der Waals surface area contributed by atoms with E-state index < -0.39 is 0 Å². The summed E-state index contributed by atoms with van der Waals surface area (Å²) in [4.78, 5) is 21.9. The van der Waals surface area contributed by atoms with Crippen LogP contribution in [0.15, 0.2) is 46.9 Å². The highest BCUT2D eigenvalue weighted by molar-refractivity contribution is 5.95. The Hall–Kier alpha value is -3.17. The first-order valence-corrected chi connectivity index (χ1v) is 10.9. The second-order valence-corrected chi connectivity index (χ2v) is 8.39. The number of hydrogen-bond acceptors (Lipinski definition) is 5. The van der Waals surface area contributed by atoms with Crippen molar-refractivity contribution in [3.05, 3.63) is 59.5 Å². The number of carbonyl (C=O) groups excluding carboxylic acids is 1. The van der Waals surface area contributed by atoms with E-state index in [9.17, 15) is 4.79 Å². The summed E-state index contributed by atoms with van der Waals surface area (Å²) in [6.45, 7) is 6.41. The number of aryl methyl sites for hydroxylation is 2. The lowest BCUT2D eigenvalue weighted by Gasteiger charge is -2.32. The van der Waals surface area contributed by atoms with Crippen LogP contribution in [0.2, 0.25) is 0 Å². The van der Waals surface area contributed by atoms with Crippen molar-refractivity contribution in [2.75, 3.05) is 31.1 Å². The lowest BCUT2D eigenvalue weighted by Crippen LogP contribution is -2.44. The Morgan fingerprint density at radius 3 is 2.77 bits per heavy atom. The zero-order valence-corrected chi connectivity index (χ0v) is 18.2. The Morgan fingerprint density at radius 2 is 2.03 bits per heavy atom. The molecule has 31 heavy (non-hydrogen) atoms. The molecule has 1 aliphatic rings. The highest BCUT2D eigenvalue weighted by Gasteiger charge is 2.28. The molecule has 0 radical (unpaired) electrons. The number of piperidine rings is 1. The van der Waals surface area contributed by atoms with Crippen LogP contribution in [0, 0.1) is 25.2 Å². The van der Waals surface area contributed by atoms with Crippen molar-refractivity contribution in [1.29, 1.82) is 5.26 Å². The number of aromatic nitrogens is 1. The molecule has 0 N–H and O–H groups in total. The van der Waals surface area contributed by atoms with Crippen LogP contribution in [0.4, 0.5) is 5.69 Å². The van der Waals surface area contributed by atoms with Gasteiger partial charge in [-0.25, -0.2) is 4.98 Å². The third kappa shape index (κ3) is 4.95. The number of likely N-dealkylation sites (tertiary alicyclic amines) is 1. The summed E-state index contributed by atoms with van der Waals surface area (Å²) >= 11 is 0. The van der Waals surface area contributed by atoms with Crippen LogP contribution in [0.5, 0.6) is 0 Å². The van der Waals surface area contributed by atoms with Gasteiger partial charge in [-0.3, -0.25) is 9.69 Å². The zero-order chi connectivity index (χ0) is 21.8. The van der Waals surface area contributed by atoms with Gasteiger partial charge >= 0.3 is 0 Å². The van der Waals surface area contributed by atoms with Gasteiger partial charge in [0.1, 0.15) is 5.52 Å². The van der Waals surface area contributed by atoms with E-state index in [1.807, 2.05) is 50.2 Å². The van der Waals surface area contributed by atoms with E-state index in [0.29, 0.717) is 19.5 Å². The number of oxazole rings is 1. The van der Waals surface area contributed by atoms with Gasteiger partial charge in [-0.15, -0.1) is 0 Å². The van der Waals surface area contributed by atoms with Gasteiger partial charge < -0.3 is 9.32 Å². The second-order valence-electron chi connectivity index (χ2n) is 8.39. The quantitative estimate of drug-likeness (QED) is 0.588. The number of hydrogen-bond donors (Lipinski definition) is 0. The molecule has 2 aromatic carbocycles. The number of carbonyl (C=O) groups is 1. The molecule has 1 aliphatic heterocycles. The summed E-state index contributed by atoms with van der Waals surface area (Å²) in [7, 11) is 0. The molecule has 160 valence electrons. The number of rotatable bonds is 6. The van der Waals surface area contributed by atoms with Gasteiger partial charge in [-0.2, -0.15) is 5.26 Å². The molecular formula is C25H28N4O2. The van der Waals surface area contributed by atoms with E-state index in [1.54, 1.807) is 4.90 Å². The molecule has 0 aliphatic carbocycles. The molecule has 4 rings (SSSR count). The van der Waals surface area contributed by atoms with Gasteiger partial charge in [0.05, 0.1) is 19.0 Å². The van der Waals surface area contributed by atoms with Gasteiger partial charge in [0.25, 0.3) is 0 Å². The lowest BCUT2D eigenvalue weighted by atomic mass is 9.98. The fraction of sp³-hybridized carbons (Fsp3) is 0.400. The molecule has 1 fully saturated rings. The number of para-hydroxylation sites is 2. The van der Waals surface area contributed by atoms with Gasteiger partial charge in [-0.1, -0.05) is 18.2 Å². The summed E-state index contributed by atoms with van der Waals surface area (Å²) in [6, 6.07) is 16.1. The number of anilines is 1. The Morgan fingerprint density at radius 1 is 1.26 bits per heavy atom. The maximum Gasteiger partial charge on any atom is 0.241 e. The third-order valence-electron chi connectivity index (χ3n) is 5.79. The van der Waals surface area contributed by atoms with Crippen LogP contribution in [0.25, 0.3) is 11.1 Å². The maximum atomic E-state index is 13.3. The SMILES string of the molecule is Cc1cc(C)cc(N(CCC#N)C(=O)CN2CCCC(c3nc4ccccc4o3)C2)c1. The molecule has 6 nitrogen and oxygen atoms in total. The molecule has 1 saturated heterocycles. The smallest absolute Gasteiger partial charge is 0.241 e. The average molecular weight is 417 g/mol. The van der Waals surface area contributed by atoms with Crippen LogP contribution < -0.4 is 4.90 Å². The van der Waals surface area contributed by atoms with Gasteiger partial charge in [0.15, 0.2) is 11.5 Å². The largest absolute Gasteiger partial charge is 0.440 e. The standard InChI is InChI=1S/C25H28N4O2/c1-18-13-19(2)15-21(14-18)29(12-6-10-26)24(30)17-28-11-5-7-20(16-28)25-27-22-8-3-4-9-23(22)31-25/h3-4,8-9,13-15,20H,5-7,11-12,16-17H2,1-2H3.